The quantitative estimate of drug-likeness (QED) is 0.877. The summed E-state index contributed by atoms with van der Waals surface area (Å²) in [6.45, 7) is 0.804. The molecule has 0 aromatic heterocycles. The van der Waals surface area contributed by atoms with Crippen molar-refractivity contribution in [1.82, 2.24) is 10.6 Å². The normalized spacial score (nSPS) is 23.7. The Labute approximate surface area is 127 Å². The summed E-state index contributed by atoms with van der Waals surface area (Å²) in [5.74, 6) is 0.190. The van der Waals surface area contributed by atoms with Crippen LogP contribution in [0.1, 0.15) is 56.1 Å². The van der Waals surface area contributed by atoms with Gasteiger partial charge < -0.3 is 10.6 Å². The fourth-order valence-corrected chi connectivity index (χ4v) is 3.54. The second kappa shape index (κ2) is 7.08. The molecule has 2 aliphatic rings. The molecule has 1 heterocycles. The van der Waals surface area contributed by atoms with E-state index in [1.165, 1.54) is 43.2 Å². The summed E-state index contributed by atoms with van der Waals surface area (Å²) < 4.78 is 0. The summed E-state index contributed by atoms with van der Waals surface area (Å²) in [6.07, 6.45) is 9.63. The molecule has 1 atom stereocenters. The van der Waals surface area contributed by atoms with Crippen molar-refractivity contribution in [3.05, 3.63) is 35.4 Å². The maximum atomic E-state index is 12.5. The second-order valence-corrected chi connectivity index (χ2v) is 6.46. The fourth-order valence-electron chi connectivity index (χ4n) is 3.54. The fraction of sp³-hybridized carbons (Fsp3) is 0.611. The minimum Gasteiger partial charge on any atom is -0.352 e. The van der Waals surface area contributed by atoms with E-state index in [4.69, 9.17) is 0 Å². The average Bonchev–Trinajstić information content (AvgIpc) is 2.49. The van der Waals surface area contributed by atoms with Crippen LogP contribution >= 0.6 is 0 Å². The Morgan fingerprint density at radius 1 is 1.00 bits per heavy atom. The van der Waals surface area contributed by atoms with Gasteiger partial charge in [0.05, 0.1) is 6.04 Å². The Bertz CT molecular complexity index is 478. The van der Waals surface area contributed by atoms with Crippen molar-refractivity contribution >= 4 is 5.91 Å². The van der Waals surface area contributed by atoms with Crippen LogP contribution in [0.4, 0.5) is 0 Å². The molecule has 1 saturated carbocycles. The average molecular weight is 286 g/mol. The number of carbonyl (C=O) groups excluding carboxylic acids is 1. The van der Waals surface area contributed by atoms with E-state index in [1.807, 2.05) is 0 Å². The third kappa shape index (κ3) is 3.85. The molecule has 1 aromatic carbocycles. The molecule has 2 N–H and O–H groups in total. The Hall–Kier alpha value is -1.35. The maximum absolute atomic E-state index is 12.5. The second-order valence-electron chi connectivity index (χ2n) is 6.46. The number of hydrogen-bond acceptors (Lipinski definition) is 2. The van der Waals surface area contributed by atoms with Crippen LogP contribution in [-0.4, -0.2) is 18.0 Å². The van der Waals surface area contributed by atoms with Gasteiger partial charge in [-0.05, 0) is 30.4 Å². The van der Waals surface area contributed by atoms with Crippen LogP contribution in [0.5, 0.6) is 0 Å². The highest BCUT2D eigenvalue weighted by Gasteiger charge is 2.25. The Morgan fingerprint density at radius 2 is 1.67 bits per heavy atom. The highest BCUT2D eigenvalue weighted by molar-refractivity contribution is 5.82. The largest absolute Gasteiger partial charge is 0.352 e. The number of benzene rings is 1. The smallest absolute Gasteiger partial charge is 0.237 e. The van der Waals surface area contributed by atoms with Gasteiger partial charge in [-0.3, -0.25) is 4.79 Å². The summed E-state index contributed by atoms with van der Waals surface area (Å²) >= 11 is 0. The van der Waals surface area contributed by atoms with Crippen molar-refractivity contribution in [2.75, 3.05) is 0 Å². The number of carbonyl (C=O) groups is 1. The first-order valence-electron chi connectivity index (χ1n) is 8.43. The molecule has 0 bridgehead atoms. The first-order valence-corrected chi connectivity index (χ1v) is 8.43. The number of amides is 1. The lowest BCUT2D eigenvalue weighted by Gasteiger charge is -2.28. The topological polar surface area (TPSA) is 41.1 Å². The summed E-state index contributed by atoms with van der Waals surface area (Å²) in [4.78, 5) is 12.5. The van der Waals surface area contributed by atoms with E-state index in [1.54, 1.807) is 0 Å². The van der Waals surface area contributed by atoms with Gasteiger partial charge in [0.25, 0.3) is 0 Å². The molecule has 1 aliphatic carbocycles. The molecule has 3 nitrogen and oxygen atoms in total. The van der Waals surface area contributed by atoms with E-state index in [0.29, 0.717) is 6.04 Å². The maximum Gasteiger partial charge on any atom is 0.237 e. The molecular formula is C18H26N2O. The molecular weight excluding hydrogens is 260 g/mol. The van der Waals surface area contributed by atoms with Gasteiger partial charge in [-0.1, -0.05) is 56.4 Å². The molecule has 1 unspecified atom stereocenters. The number of hydrogen-bond donors (Lipinski definition) is 2. The van der Waals surface area contributed by atoms with Gasteiger partial charge in [0.15, 0.2) is 0 Å². The predicted molar refractivity (Wildman–Crippen MR) is 85.0 cm³/mol. The number of rotatable bonds is 2. The molecule has 21 heavy (non-hydrogen) atoms. The molecule has 0 saturated heterocycles. The molecule has 3 rings (SSSR count). The van der Waals surface area contributed by atoms with Crippen LogP contribution in [0.15, 0.2) is 24.3 Å². The van der Waals surface area contributed by atoms with Gasteiger partial charge in [0.2, 0.25) is 5.91 Å². The van der Waals surface area contributed by atoms with Crippen molar-refractivity contribution in [1.29, 1.82) is 0 Å². The van der Waals surface area contributed by atoms with Gasteiger partial charge >= 0.3 is 0 Å². The molecule has 3 heteroatoms. The Balaban J connectivity index is 1.56. The molecule has 1 aromatic rings. The van der Waals surface area contributed by atoms with Crippen LogP contribution in [0, 0.1) is 0 Å². The van der Waals surface area contributed by atoms with Crippen molar-refractivity contribution < 1.29 is 4.79 Å². The molecule has 1 amide bonds. The zero-order chi connectivity index (χ0) is 14.5. The zero-order valence-electron chi connectivity index (χ0n) is 12.7. The van der Waals surface area contributed by atoms with E-state index in [0.717, 1.165) is 25.8 Å². The lowest BCUT2D eigenvalue weighted by molar-refractivity contribution is -0.124. The van der Waals surface area contributed by atoms with E-state index >= 15 is 0 Å². The van der Waals surface area contributed by atoms with Crippen LogP contribution in [0.2, 0.25) is 0 Å². The third-order valence-corrected chi connectivity index (χ3v) is 4.85. The van der Waals surface area contributed by atoms with E-state index < -0.39 is 0 Å². The SMILES string of the molecule is O=C(NC1CCCCCCC1)C1Cc2ccccc2CN1. The van der Waals surface area contributed by atoms with Crippen molar-refractivity contribution in [3.63, 3.8) is 0 Å². The monoisotopic (exact) mass is 286 g/mol. The van der Waals surface area contributed by atoms with Crippen LogP contribution < -0.4 is 10.6 Å². The lowest BCUT2D eigenvalue weighted by Crippen LogP contribution is -2.50. The van der Waals surface area contributed by atoms with Gasteiger partial charge in [-0.2, -0.15) is 0 Å². The Kier molecular flexibility index (Phi) is 4.91. The summed E-state index contributed by atoms with van der Waals surface area (Å²) in [7, 11) is 0. The first kappa shape index (κ1) is 14.6. The minimum atomic E-state index is -0.0645. The van der Waals surface area contributed by atoms with Gasteiger partial charge in [-0.15, -0.1) is 0 Å². The summed E-state index contributed by atoms with van der Waals surface area (Å²) in [5.41, 5.74) is 2.64. The molecule has 0 radical (unpaired) electrons. The highest BCUT2D eigenvalue weighted by atomic mass is 16.2. The van der Waals surface area contributed by atoms with E-state index in [-0.39, 0.29) is 11.9 Å². The van der Waals surface area contributed by atoms with Gasteiger partial charge in [0, 0.05) is 12.6 Å². The predicted octanol–water partition coefficient (Wildman–Crippen LogP) is 2.93. The van der Waals surface area contributed by atoms with Gasteiger partial charge in [-0.25, -0.2) is 0 Å². The Morgan fingerprint density at radius 3 is 2.43 bits per heavy atom. The van der Waals surface area contributed by atoms with Gasteiger partial charge in [0.1, 0.15) is 0 Å². The number of fused-ring (bicyclic) bond motifs is 1. The number of nitrogens with one attached hydrogen (secondary N) is 2. The third-order valence-electron chi connectivity index (χ3n) is 4.85. The lowest BCUT2D eigenvalue weighted by atomic mass is 9.94. The summed E-state index contributed by atoms with van der Waals surface area (Å²) in [5, 5.41) is 6.67. The molecule has 114 valence electrons. The van der Waals surface area contributed by atoms with Crippen LogP contribution in [0.3, 0.4) is 0 Å². The van der Waals surface area contributed by atoms with E-state index in [2.05, 4.69) is 34.9 Å². The molecule has 1 fully saturated rings. The minimum absolute atomic E-state index is 0.0645. The summed E-state index contributed by atoms with van der Waals surface area (Å²) in [6, 6.07) is 8.74. The molecule has 0 spiro atoms. The first-order chi connectivity index (χ1) is 10.3. The standard InChI is InChI=1S/C18H26N2O/c21-18(20-16-10-4-2-1-3-5-11-16)17-12-14-8-6-7-9-15(14)13-19-17/h6-9,16-17,19H,1-5,10-13H2,(H,20,21). The van der Waals surface area contributed by atoms with E-state index in [9.17, 15) is 4.79 Å². The molecule has 1 aliphatic heterocycles. The van der Waals surface area contributed by atoms with Crippen molar-refractivity contribution in [2.45, 2.75) is 70.0 Å². The van der Waals surface area contributed by atoms with Crippen molar-refractivity contribution in [3.8, 4) is 0 Å². The zero-order valence-corrected chi connectivity index (χ0v) is 12.7. The van der Waals surface area contributed by atoms with Crippen LogP contribution in [-0.2, 0) is 17.8 Å². The van der Waals surface area contributed by atoms with Crippen molar-refractivity contribution in [2.24, 2.45) is 0 Å². The highest BCUT2D eigenvalue weighted by Crippen LogP contribution is 2.19. The van der Waals surface area contributed by atoms with Crippen LogP contribution in [0.25, 0.3) is 0 Å².